The molecule has 0 fully saturated rings. The van der Waals surface area contributed by atoms with Gasteiger partial charge in [0.25, 0.3) is 0 Å². The molecule has 4 N–H and O–H groups in total. The van der Waals surface area contributed by atoms with Crippen LogP contribution < -0.4 is 0 Å². The molecule has 0 aliphatic carbocycles. The van der Waals surface area contributed by atoms with Gasteiger partial charge < -0.3 is 20.1 Å². The highest BCUT2D eigenvalue weighted by molar-refractivity contribution is 5.76. The lowest BCUT2D eigenvalue weighted by Crippen LogP contribution is -2.36. The Hall–Kier alpha value is -4.05. The second-order valence-corrected chi connectivity index (χ2v) is 9.31. The van der Waals surface area contributed by atoms with E-state index < -0.39 is 0 Å². The number of imidazole rings is 3. The van der Waals surface area contributed by atoms with Crippen LogP contribution >= 0.6 is 0 Å². The zero-order valence-corrected chi connectivity index (χ0v) is 20.6. The molecule has 188 valence electrons. The quantitative estimate of drug-likeness (QED) is 0.218. The van der Waals surface area contributed by atoms with E-state index in [4.69, 9.17) is 15.0 Å². The molecule has 3 heterocycles. The number of fused-ring (bicyclic) bond motifs is 3. The maximum atomic E-state index is 9.74. The molecule has 6 aromatic rings. The molecule has 9 nitrogen and oxygen atoms in total. The normalized spacial score (nSPS) is 12.1. The summed E-state index contributed by atoms with van der Waals surface area (Å²) in [6.45, 7) is 4.14. The van der Waals surface area contributed by atoms with Crippen molar-refractivity contribution < 1.29 is 5.11 Å². The van der Waals surface area contributed by atoms with Crippen molar-refractivity contribution in [2.24, 2.45) is 0 Å². The van der Waals surface area contributed by atoms with Crippen LogP contribution in [-0.2, 0) is 19.6 Å². The van der Waals surface area contributed by atoms with Crippen molar-refractivity contribution in [3.05, 3.63) is 90.3 Å². The lowest BCUT2D eigenvalue weighted by atomic mass is 10.3. The minimum absolute atomic E-state index is 0.0906. The Kier molecular flexibility index (Phi) is 6.64. The number of nitrogens with zero attached hydrogens (tertiary/aromatic N) is 5. The molecule has 0 unspecified atom stereocenters. The van der Waals surface area contributed by atoms with Gasteiger partial charge in [0.05, 0.1) is 59.3 Å². The largest absolute Gasteiger partial charge is 0.395 e. The molecule has 0 atom stereocenters. The van der Waals surface area contributed by atoms with E-state index in [-0.39, 0.29) is 6.61 Å². The molecular weight excluding hydrogens is 464 g/mol. The number of hydrogen-bond donors (Lipinski definition) is 4. The summed E-state index contributed by atoms with van der Waals surface area (Å²) in [7, 11) is 0. The van der Waals surface area contributed by atoms with Crippen molar-refractivity contribution in [2.45, 2.75) is 19.6 Å². The molecule has 3 aromatic heterocycles. The van der Waals surface area contributed by atoms with E-state index in [1.54, 1.807) is 0 Å². The number of benzene rings is 3. The van der Waals surface area contributed by atoms with E-state index >= 15 is 0 Å². The van der Waals surface area contributed by atoms with E-state index in [0.29, 0.717) is 26.2 Å². The maximum Gasteiger partial charge on any atom is 0.121 e. The number of para-hydroxylation sites is 6. The topological polar surface area (TPSA) is 113 Å². The lowest BCUT2D eigenvalue weighted by Gasteiger charge is -2.26. The van der Waals surface area contributed by atoms with E-state index in [2.05, 4.69) is 24.8 Å². The summed E-state index contributed by atoms with van der Waals surface area (Å²) in [6, 6.07) is 24.2. The van der Waals surface area contributed by atoms with Gasteiger partial charge in [-0.05, 0) is 36.4 Å². The molecule has 0 saturated carbocycles. The first-order valence-corrected chi connectivity index (χ1v) is 12.6. The highest BCUT2D eigenvalue weighted by atomic mass is 16.3. The second kappa shape index (κ2) is 10.5. The zero-order chi connectivity index (χ0) is 25.0. The summed E-state index contributed by atoms with van der Waals surface area (Å²) in [5, 5.41) is 9.74. The predicted octanol–water partition coefficient (Wildman–Crippen LogP) is 3.81. The van der Waals surface area contributed by atoms with Crippen LogP contribution in [0.3, 0.4) is 0 Å². The number of H-pyrrole nitrogens is 3. The van der Waals surface area contributed by atoms with Crippen LogP contribution in [0.2, 0.25) is 0 Å². The number of aromatic nitrogens is 6. The SMILES string of the molecule is OCCN(CCN(Cc1nc2ccccc2[nH]1)Cc1nc2ccccc2[nH]1)Cc1nc2ccccc2[nH]1. The van der Waals surface area contributed by atoms with Crippen LogP contribution in [0.4, 0.5) is 0 Å². The Morgan fingerprint density at radius 2 is 0.892 bits per heavy atom. The molecule has 0 radical (unpaired) electrons. The monoisotopic (exact) mass is 494 g/mol. The van der Waals surface area contributed by atoms with Gasteiger partial charge in [0.2, 0.25) is 0 Å². The Morgan fingerprint density at radius 1 is 0.514 bits per heavy atom. The second-order valence-electron chi connectivity index (χ2n) is 9.31. The zero-order valence-electron chi connectivity index (χ0n) is 20.6. The fraction of sp³-hybridized carbons (Fsp3) is 0.250. The summed E-state index contributed by atoms with van der Waals surface area (Å²) in [6.07, 6.45) is 0. The number of aliphatic hydroxyl groups is 1. The predicted molar refractivity (Wildman–Crippen MR) is 145 cm³/mol. The summed E-state index contributed by atoms with van der Waals surface area (Å²) in [4.78, 5) is 29.2. The summed E-state index contributed by atoms with van der Waals surface area (Å²) >= 11 is 0. The summed E-state index contributed by atoms with van der Waals surface area (Å²) < 4.78 is 0. The van der Waals surface area contributed by atoms with Gasteiger partial charge in [-0.1, -0.05) is 36.4 Å². The van der Waals surface area contributed by atoms with E-state index in [9.17, 15) is 5.11 Å². The Labute approximate surface area is 214 Å². The highest BCUT2D eigenvalue weighted by Gasteiger charge is 2.16. The third kappa shape index (κ3) is 5.39. The minimum atomic E-state index is 0.0906. The van der Waals surface area contributed by atoms with Crippen LogP contribution in [-0.4, -0.2) is 71.1 Å². The van der Waals surface area contributed by atoms with Gasteiger partial charge in [-0.15, -0.1) is 0 Å². The first-order chi connectivity index (χ1) is 18.2. The fourth-order valence-corrected chi connectivity index (χ4v) is 4.79. The number of nitrogens with one attached hydrogen (secondary N) is 3. The molecule has 3 aromatic carbocycles. The van der Waals surface area contributed by atoms with E-state index in [1.165, 1.54) is 0 Å². The molecule has 0 aliphatic heterocycles. The van der Waals surface area contributed by atoms with Gasteiger partial charge in [-0.2, -0.15) is 0 Å². The molecule has 0 aliphatic rings. The van der Waals surface area contributed by atoms with Gasteiger partial charge in [0.15, 0.2) is 0 Å². The first-order valence-electron chi connectivity index (χ1n) is 12.6. The van der Waals surface area contributed by atoms with Crippen molar-refractivity contribution in [1.82, 2.24) is 39.7 Å². The molecule has 9 heteroatoms. The van der Waals surface area contributed by atoms with Crippen LogP contribution in [0.5, 0.6) is 0 Å². The van der Waals surface area contributed by atoms with Gasteiger partial charge in [-0.3, -0.25) is 9.80 Å². The summed E-state index contributed by atoms with van der Waals surface area (Å²) in [5.74, 6) is 2.74. The minimum Gasteiger partial charge on any atom is -0.395 e. The smallest absolute Gasteiger partial charge is 0.121 e. The van der Waals surface area contributed by atoms with Crippen LogP contribution in [0, 0.1) is 0 Å². The molecule has 37 heavy (non-hydrogen) atoms. The van der Waals surface area contributed by atoms with Crippen molar-refractivity contribution in [3.63, 3.8) is 0 Å². The van der Waals surface area contributed by atoms with Crippen molar-refractivity contribution >= 4 is 33.1 Å². The Bertz CT molecular complexity index is 1440. The molecule has 0 bridgehead atoms. The molecular formula is C28H30N8O. The third-order valence-corrected chi connectivity index (χ3v) is 6.58. The average Bonchev–Trinajstić information content (AvgIpc) is 3.62. The molecule has 0 saturated heterocycles. The summed E-state index contributed by atoms with van der Waals surface area (Å²) in [5.41, 5.74) is 5.98. The van der Waals surface area contributed by atoms with Gasteiger partial charge >= 0.3 is 0 Å². The van der Waals surface area contributed by atoms with Crippen LogP contribution in [0.25, 0.3) is 33.1 Å². The van der Waals surface area contributed by atoms with Gasteiger partial charge in [0, 0.05) is 19.6 Å². The fourth-order valence-electron chi connectivity index (χ4n) is 4.79. The Balaban J connectivity index is 1.20. The van der Waals surface area contributed by atoms with Crippen LogP contribution in [0.1, 0.15) is 17.5 Å². The van der Waals surface area contributed by atoms with E-state index in [1.807, 2.05) is 72.8 Å². The van der Waals surface area contributed by atoms with Crippen molar-refractivity contribution in [2.75, 3.05) is 26.2 Å². The van der Waals surface area contributed by atoms with Crippen molar-refractivity contribution in [3.8, 4) is 0 Å². The van der Waals surface area contributed by atoms with Gasteiger partial charge in [0.1, 0.15) is 17.5 Å². The molecule has 0 amide bonds. The maximum absolute atomic E-state index is 9.74. The molecule has 6 rings (SSSR count). The highest BCUT2D eigenvalue weighted by Crippen LogP contribution is 2.16. The average molecular weight is 495 g/mol. The van der Waals surface area contributed by atoms with Crippen molar-refractivity contribution in [1.29, 1.82) is 0 Å². The standard InChI is InChI=1S/C28H30N8O/c37-16-15-35(17-26-29-20-7-1-2-8-21(20)30-26)13-14-36(18-27-31-22-9-3-4-10-23(22)32-27)19-28-33-24-11-5-6-12-25(24)34-28/h1-12,37H,13-19H2,(H,29,30)(H,31,32)(H,33,34). The van der Waals surface area contributed by atoms with E-state index in [0.717, 1.165) is 63.7 Å². The number of aliphatic hydroxyl groups excluding tert-OH is 1. The third-order valence-electron chi connectivity index (χ3n) is 6.58. The lowest BCUT2D eigenvalue weighted by molar-refractivity contribution is 0.153. The van der Waals surface area contributed by atoms with Gasteiger partial charge in [-0.25, -0.2) is 15.0 Å². The number of aromatic amines is 3. The number of hydrogen-bond acceptors (Lipinski definition) is 6. The van der Waals surface area contributed by atoms with Crippen LogP contribution in [0.15, 0.2) is 72.8 Å². The molecule has 0 spiro atoms. The Morgan fingerprint density at radius 3 is 1.30 bits per heavy atom. The number of rotatable bonds is 11. The first kappa shape index (κ1) is 23.4.